The molecule has 2 heterocycles. The first-order valence-electron chi connectivity index (χ1n) is 10.4. The Morgan fingerprint density at radius 3 is 2.61 bits per heavy atom. The maximum atomic E-state index is 12.4. The standard InChI is InChI=1S/C25H22N4O3S/c1-2-16-6-8-17(9-7-16)25-29-20(15-33-25)13-22(30)28-19-10-11-23(27-14-19)32-21-5-3-4-18(12-21)24(26)31/h3-12,14-15H,2,13H2,1H3,(H2,26,31)(H,28,30). The molecular formula is C25H22N4O3S. The van der Waals surface area contributed by atoms with Crippen LogP contribution in [0.3, 0.4) is 0 Å². The second kappa shape index (κ2) is 10.1. The van der Waals surface area contributed by atoms with Crippen LogP contribution < -0.4 is 15.8 Å². The fourth-order valence-electron chi connectivity index (χ4n) is 3.12. The summed E-state index contributed by atoms with van der Waals surface area (Å²) in [5.74, 6) is 0.0537. The summed E-state index contributed by atoms with van der Waals surface area (Å²) in [6.45, 7) is 2.12. The highest BCUT2D eigenvalue weighted by Crippen LogP contribution is 2.25. The minimum atomic E-state index is -0.534. The zero-order chi connectivity index (χ0) is 23.2. The van der Waals surface area contributed by atoms with Crippen LogP contribution in [0.2, 0.25) is 0 Å². The van der Waals surface area contributed by atoms with Gasteiger partial charge in [0.05, 0.1) is 24.0 Å². The summed E-state index contributed by atoms with van der Waals surface area (Å²) in [5.41, 5.74) is 9.22. The van der Waals surface area contributed by atoms with E-state index in [-0.39, 0.29) is 12.3 Å². The summed E-state index contributed by atoms with van der Waals surface area (Å²) in [5, 5.41) is 5.61. The number of rotatable bonds is 8. The molecule has 4 rings (SSSR count). The lowest BCUT2D eigenvalue weighted by molar-refractivity contribution is -0.115. The Hall–Kier alpha value is -4.04. The van der Waals surface area contributed by atoms with Gasteiger partial charge >= 0.3 is 0 Å². The van der Waals surface area contributed by atoms with Crippen LogP contribution in [0.4, 0.5) is 5.69 Å². The van der Waals surface area contributed by atoms with Crippen LogP contribution in [-0.2, 0) is 17.6 Å². The van der Waals surface area contributed by atoms with Crippen LogP contribution in [0.1, 0.15) is 28.5 Å². The lowest BCUT2D eigenvalue weighted by Gasteiger charge is -2.07. The number of nitrogens with two attached hydrogens (primary N) is 1. The molecule has 0 saturated carbocycles. The van der Waals surface area contributed by atoms with Crippen molar-refractivity contribution in [3.05, 3.63) is 89.1 Å². The van der Waals surface area contributed by atoms with E-state index in [0.717, 1.165) is 17.0 Å². The number of primary amides is 1. The molecule has 2 amide bonds. The van der Waals surface area contributed by atoms with Crippen LogP contribution in [0, 0.1) is 0 Å². The van der Waals surface area contributed by atoms with Crippen LogP contribution in [0.25, 0.3) is 10.6 Å². The summed E-state index contributed by atoms with van der Waals surface area (Å²) >= 11 is 1.52. The minimum Gasteiger partial charge on any atom is -0.439 e. The molecule has 0 aliphatic heterocycles. The van der Waals surface area contributed by atoms with Crippen molar-refractivity contribution < 1.29 is 14.3 Å². The topological polar surface area (TPSA) is 107 Å². The molecule has 4 aromatic rings. The molecule has 2 aromatic carbocycles. The maximum Gasteiger partial charge on any atom is 0.248 e. The van der Waals surface area contributed by atoms with Gasteiger partial charge in [0.2, 0.25) is 17.7 Å². The van der Waals surface area contributed by atoms with Gasteiger partial charge in [0.25, 0.3) is 0 Å². The molecule has 33 heavy (non-hydrogen) atoms. The number of aromatic nitrogens is 2. The van der Waals surface area contributed by atoms with Gasteiger partial charge in [-0.3, -0.25) is 9.59 Å². The third-order valence-corrected chi connectivity index (χ3v) is 5.80. The van der Waals surface area contributed by atoms with E-state index in [1.807, 2.05) is 5.38 Å². The number of carbonyl (C=O) groups is 2. The van der Waals surface area contributed by atoms with Crippen molar-refractivity contribution in [1.82, 2.24) is 9.97 Å². The Kier molecular flexibility index (Phi) is 6.75. The first-order valence-corrected chi connectivity index (χ1v) is 11.3. The van der Waals surface area contributed by atoms with E-state index in [0.29, 0.717) is 28.6 Å². The van der Waals surface area contributed by atoms with Crippen LogP contribution in [0.5, 0.6) is 11.6 Å². The second-order valence-electron chi connectivity index (χ2n) is 7.30. The number of nitrogens with zero attached hydrogens (tertiary/aromatic N) is 2. The van der Waals surface area contributed by atoms with E-state index in [1.54, 1.807) is 36.4 Å². The number of anilines is 1. The molecular weight excluding hydrogens is 436 g/mol. The van der Waals surface area contributed by atoms with Gasteiger partial charge in [0.1, 0.15) is 10.8 Å². The molecule has 3 N–H and O–H groups in total. The number of ether oxygens (including phenoxy) is 1. The Balaban J connectivity index is 1.34. The molecule has 0 unspecified atom stereocenters. The quantitative estimate of drug-likeness (QED) is 0.393. The van der Waals surface area contributed by atoms with Crippen molar-refractivity contribution >= 4 is 28.8 Å². The number of aryl methyl sites for hydroxylation is 1. The number of pyridine rings is 1. The number of benzene rings is 2. The Bertz CT molecular complexity index is 1270. The van der Waals surface area contributed by atoms with E-state index in [1.165, 1.54) is 23.1 Å². The van der Waals surface area contributed by atoms with E-state index >= 15 is 0 Å². The summed E-state index contributed by atoms with van der Waals surface area (Å²) in [4.78, 5) is 32.5. The Morgan fingerprint density at radius 2 is 1.91 bits per heavy atom. The number of amides is 2. The van der Waals surface area contributed by atoms with Crippen LogP contribution in [-0.4, -0.2) is 21.8 Å². The van der Waals surface area contributed by atoms with Crippen molar-refractivity contribution in [3.63, 3.8) is 0 Å². The third-order valence-electron chi connectivity index (χ3n) is 4.86. The molecule has 0 saturated heterocycles. The van der Waals surface area contributed by atoms with Gasteiger partial charge in [0, 0.05) is 22.6 Å². The van der Waals surface area contributed by atoms with Gasteiger partial charge in [0.15, 0.2) is 0 Å². The normalized spacial score (nSPS) is 10.6. The number of thiazole rings is 1. The predicted octanol–water partition coefficient (Wildman–Crippen LogP) is 4.84. The van der Waals surface area contributed by atoms with Gasteiger partial charge in [-0.1, -0.05) is 37.3 Å². The average Bonchev–Trinajstić information content (AvgIpc) is 3.29. The Labute approximate surface area is 195 Å². The van der Waals surface area contributed by atoms with Gasteiger partial charge in [-0.05, 0) is 36.2 Å². The van der Waals surface area contributed by atoms with E-state index in [4.69, 9.17) is 10.5 Å². The van der Waals surface area contributed by atoms with E-state index < -0.39 is 5.91 Å². The fraction of sp³-hybridized carbons (Fsp3) is 0.120. The molecule has 0 spiro atoms. The molecule has 8 heteroatoms. The fourth-order valence-corrected chi connectivity index (χ4v) is 3.95. The third kappa shape index (κ3) is 5.81. The van der Waals surface area contributed by atoms with Crippen molar-refractivity contribution in [1.29, 1.82) is 0 Å². The van der Waals surface area contributed by atoms with Crippen molar-refractivity contribution in [2.75, 3.05) is 5.32 Å². The lowest BCUT2D eigenvalue weighted by Crippen LogP contribution is -2.14. The lowest BCUT2D eigenvalue weighted by atomic mass is 10.1. The molecule has 0 aliphatic carbocycles. The van der Waals surface area contributed by atoms with Gasteiger partial charge in [-0.2, -0.15) is 0 Å². The highest BCUT2D eigenvalue weighted by Gasteiger charge is 2.10. The maximum absolute atomic E-state index is 12.4. The van der Waals surface area contributed by atoms with E-state index in [9.17, 15) is 9.59 Å². The minimum absolute atomic E-state index is 0.168. The monoisotopic (exact) mass is 458 g/mol. The first kappa shape index (κ1) is 22.2. The van der Waals surface area contributed by atoms with Gasteiger partial charge in [-0.25, -0.2) is 9.97 Å². The Morgan fingerprint density at radius 1 is 1.09 bits per heavy atom. The number of hydrogen-bond donors (Lipinski definition) is 2. The largest absolute Gasteiger partial charge is 0.439 e. The van der Waals surface area contributed by atoms with E-state index in [2.05, 4.69) is 46.5 Å². The molecule has 2 aromatic heterocycles. The van der Waals surface area contributed by atoms with Crippen molar-refractivity contribution in [3.8, 4) is 22.2 Å². The molecule has 7 nitrogen and oxygen atoms in total. The van der Waals surface area contributed by atoms with Crippen LogP contribution >= 0.6 is 11.3 Å². The SMILES string of the molecule is CCc1ccc(-c2nc(CC(=O)Nc3ccc(Oc4cccc(C(N)=O)c4)nc3)cs2)cc1. The molecule has 0 radical (unpaired) electrons. The molecule has 0 bridgehead atoms. The molecule has 166 valence electrons. The zero-order valence-corrected chi connectivity index (χ0v) is 18.8. The van der Waals surface area contributed by atoms with Gasteiger partial charge < -0.3 is 15.8 Å². The highest BCUT2D eigenvalue weighted by molar-refractivity contribution is 7.13. The average molecular weight is 459 g/mol. The van der Waals surface area contributed by atoms with Crippen LogP contribution in [0.15, 0.2) is 72.2 Å². The molecule has 0 atom stereocenters. The smallest absolute Gasteiger partial charge is 0.248 e. The number of carbonyl (C=O) groups excluding carboxylic acids is 2. The number of nitrogens with one attached hydrogen (secondary N) is 1. The highest BCUT2D eigenvalue weighted by atomic mass is 32.1. The predicted molar refractivity (Wildman–Crippen MR) is 129 cm³/mol. The summed E-state index contributed by atoms with van der Waals surface area (Å²) in [6, 6.07) is 18.2. The number of hydrogen-bond acceptors (Lipinski definition) is 6. The summed E-state index contributed by atoms with van der Waals surface area (Å²) < 4.78 is 5.64. The molecule has 0 fully saturated rings. The van der Waals surface area contributed by atoms with Gasteiger partial charge in [-0.15, -0.1) is 11.3 Å². The summed E-state index contributed by atoms with van der Waals surface area (Å²) in [6.07, 6.45) is 2.67. The molecule has 0 aliphatic rings. The summed E-state index contributed by atoms with van der Waals surface area (Å²) in [7, 11) is 0. The zero-order valence-electron chi connectivity index (χ0n) is 17.9. The second-order valence-corrected chi connectivity index (χ2v) is 8.16. The van der Waals surface area contributed by atoms with Crippen molar-refractivity contribution in [2.45, 2.75) is 19.8 Å². The first-order chi connectivity index (χ1) is 16.0. The van der Waals surface area contributed by atoms with Crippen molar-refractivity contribution in [2.24, 2.45) is 5.73 Å².